The Balaban J connectivity index is 1.46. The van der Waals surface area contributed by atoms with Gasteiger partial charge in [-0.25, -0.2) is 18.1 Å². The summed E-state index contributed by atoms with van der Waals surface area (Å²) in [5, 5.41) is 5.65. The zero-order valence-corrected chi connectivity index (χ0v) is 19.3. The first-order valence-corrected chi connectivity index (χ1v) is 12.1. The van der Waals surface area contributed by atoms with E-state index in [2.05, 4.69) is 15.0 Å². The van der Waals surface area contributed by atoms with Crippen LogP contribution in [0.3, 0.4) is 0 Å². The third kappa shape index (κ3) is 6.36. The molecule has 1 heterocycles. The topological polar surface area (TPSA) is 97.4 Å². The SMILES string of the molecule is Cc1ccc(C)c(S(=O)(=O)NCCNC(=O)c2ccc(OCc3csc(C)n3)cc2)c1. The molecule has 0 saturated heterocycles. The van der Waals surface area contributed by atoms with Gasteiger partial charge in [-0.05, 0) is 62.2 Å². The average molecular weight is 460 g/mol. The van der Waals surface area contributed by atoms with Gasteiger partial charge in [0, 0.05) is 24.0 Å². The van der Waals surface area contributed by atoms with Crippen molar-refractivity contribution in [2.75, 3.05) is 13.1 Å². The van der Waals surface area contributed by atoms with Crippen LogP contribution >= 0.6 is 11.3 Å². The molecular weight excluding hydrogens is 434 g/mol. The van der Waals surface area contributed by atoms with Gasteiger partial charge < -0.3 is 10.1 Å². The van der Waals surface area contributed by atoms with Gasteiger partial charge in [-0.2, -0.15) is 0 Å². The van der Waals surface area contributed by atoms with E-state index in [4.69, 9.17) is 4.74 Å². The Kier molecular flexibility index (Phi) is 7.42. The molecule has 0 spiro atoms. The molecule has 1 aromatic heterocycles. The maximum Gasteiger partial charge on any atom is 0.251 e. The molecule has 0 aliphatic heterocycles. The molecule has 0 bridgehead atoms. The molecule has 164 valence electrons. The lowest BCUT2D eigenvalue weighted by Crippen LogP contribution is -2.35. The van der Waals surface area contributed by atoms with E-state index < -0.39 is 10.0 Å². The van der Waals surface area contributed by atoms with E-state index in [0.29, 0.717) is 23.5 Å². The number of hydrogen-bond donors (Lipinski definition) is 2. The van der Waals surface area contributed by atoms with E-state index in [1.165, 1.54) is 0 Å². The minimum absolute atomic E-state index is 0.0930. The zero-order valence-electron chi connectivity index (χ0n) is 17.6. The summed E-state index contributed by atoms with van der Waals surface area (Å²) in [5.74, 6) is 0.357. The quantitative estimate of drug-likeness (QED) is 0.478. The van der Waals surface area contributed by atoms with Crippen molar-refractivity contribution in [2.24, 2.45) is 0 Å². The van der Waals surface area contributed by atoms with Gasteiger partial charge in [0.2, 0.25) is 10.0 Å². The summed E-state index contributed by atoms with van der Waals surface area (Å²) in [6.07, 6.45) is 0. The number of aromatic nitrogens is 1. The summed E-state index contributed by atoms with van der Waals surface area (Å²) >= 11 is 1.57. The molecule has 0 unspecified atom stereocenters. The Morgan fingerprint density at radius 3 is 2.48 bits per heavy atom. The van der Waals surface area contributed by atoms with Gasteiger partial charge in [-0.15, -0.1) is 11.3 Å². The van der Waals surface area contributed by atoms with E-state index >= 15 is 0 Å². The minimum Gasteiger partial charge on any atom is -0.487 e. The van der Waals surface area contributed by atoms with Crippen LogP contribution < -0.4 is 14.8 Å². The predicted molar refractivity (Wildman–Crippen MR) is 121 cm³/mol. The first-order chi connectivity index (χ1) is 14.7. The van der Waals surface area contributed by atoms with Gasteiger partial charge >= 0.3 is 0 Å². The summed E-state index contributed by atoms with van der Waals surface area (Å²) in [6.45, 7) is 6.17. The molecule has 0 atom stereocenters. The highest BCUT2D eigenvalue weighted by atomic mass is 32.2. The van der Waals surface area contributed by atoms with Crippen LogP contribution in [0.5, 0.6) is 5.75 Å². The van der Waals surface area contributed by atoms with Crippen molar-refractivity contribution >= 4 is 27.3 Å². The largest absolute Gasteiger partial charge is 0.487 e. The van der Waals surface area contributed by atoms with Crippen LogP contribution in [0.15, 0.2) is 52.7 Å². The van der Waals surface area contributed by atoms with Crippen LogP contribution in [-0.2, 0) is 16.6 Å². The van der Waals surface area contributed by atoms with E-state index in [1.54, 1.807) is 54.7 Å². The molecule has 0 aliphatic carbocycles. The number of ether oxygens (including phenoxy) is 1. The highest BCUT2D eigenvalue weighted by molar-refractivity contribution is 7.89. The average Bonchev–Trinajstić information content (AvgIpc) is 3.16. The van der Waals surface area contributed by atoms with Crippen molar-refractivity contribution < 1.29 is 17.9 Å². The number of hydrogen-bond acceptors (Lipinski definition) is 6. The molecule has 9 heteroatoms. The molecule has 0 aliphatic rings. The summed E-state index contributed by atoms with van der Waals surface area (Å²) < 4.78 is 33.2. The molecule has 2 aromatic carbocycles. The number of sulfonamides is 1. The maximum absolute atomic E-state index is 12.5. The number of carbonyl (C=O) groups excluding carboxylic acids is 1. The highest BCUT2D eigenvalue weighted by Gasteiger charge is 2.16. The smallest absolute Gasteiger partial charge is 0.251 e. The molecule has 0 saturated carbocycles. The van der Waals surface area contributed by atoms with Crippen LogP contribution in [0.4, 0.5) is 0 Å². The van der Waals surface area contributed by atoms with Crippen molar-refractivity contribution in [1.29, 1.82) is 0 Å². The van der Waals surface area contributed by atoms with E-state index in [0.717, 1.165) is 16.3 Å². The van der Waals surface area contributed by atoms with E-state index in [1.807, 2.05) is 25.3 Å². The van der Waals surface area contributed by atoms with Gasteiger partial charge in [0.1, 0.15) is 12.4 Å². The van der Waals surface area contributed by atoms with Crippen molar-refractivity contribution in [3.63, 3.8) is 0 Å². The van der Waals surface area contributed by atoms with Crippen LogP contribution in [0.1, 0.15) is 32.2 Å². The fourth-order valence-electron chi connectivity index (χ4n) is 2.87. The maximum atomic E-state index is 12.5. The summed E-state index contributed by atoms with van der Waals surface area (Å²) in [5.41, 5.74) is 2.88. The molecule has 3 aromatic rings. The second-order valence-electron chi connectivity index (χ2n) is 7.09. The first kappa shape index (κ1) is 22.9. The van der Waals surface area contributed by atoms with Crippen LogP contribution in [0.25, 0.3) is 0 Å². The van der Waals surface area contributed by atoms with Gasteiger partial charge in [0.05, 0.1) is 15.6 Å². The number of nitrogens with one attached hydrogen (secondary N) is 2. The van der Waals surface area contributed by atoms with E-state index in [9.17, 15) is 13.2 Å². The lowest BCUT2D eigenvalue weighted by Gasteiger charge is -2.11. The number of amides is 1. The van der Waals surface area contributed by atoms with Crippen LogP contribution in [0.2, 0.25) is 0 Å². The molecule has 0 radical (unpaired) electrons. The predicted octanol–water partition coefficient (Wildman–Crippen LogP) is 3.36. The summed E-state index contributed by atoms with van der Waals surface area (Å²) in [7, 11) is -3.63. The number of thiazole rings is 1. The van der Waals surface area contributed by atoms with Crippen LogP contribution in [-0.4, -0.2) is 32.4 Å². The lowest BCUT2D eigenvalue weighted by molar-refractivity contribution is 0.0954. The van der Waals surface area contributed by atoms with Crippen LogP contribution in [0, 0.1) is 20.8 Å². The molecule has 2 N–H and O–H groups in total. The Labute approximate surface area is 186 Å². The minimum atomic E-state index is -3.63. The Bertz CT molecular complexity index is 1160. The number of rotatable bonds is 9. The third-order valence-corrected chi connectivity index (χ3v) is 6.93. The van der Waals surface area contributed by atoms with Crippen molar-refractivity contribution in [3.05, 3.63) is 75.2 Å². The summed E-state index contributed by atoms with van der Waals surface area (Å²) in [6, 6.07) is 12.0. The molecule has 3 rings (SSSR count). The van der Waals surface area contributed by atoms with Gasteiger partial charge in [-0.1, -0.05) is 12.1 Å². The second-order valence-corrected chi connectivity index (χ2v) is 9.89. The van der Waals surface area contributed by atoms with Gasteiger partial charge in [-0.3, -0.25) is 4.79 Å². The molecule has 7 nitrogen and oxygen atoms in total. The molecule has 31 heavy (non-hydrogen) atoms. The number of nitrogens with zero attached hydrogens (tertiary/aromatic N) is 1. The first-order valence-electron chi connectivity index (χ1n) is 9.73. The number of benzene rings is 2. The van der Waals surface area contributed by atoms with Crippen molar-refractivity contribution in [1.82, 2.24) is 15.0 Å². The van der Waals surface area contributed by atoms with Gasteiger partial charge in [0.25, 0.3) is 5.91 Å². The van der Waals surface area contributed by atoms with Crippen molar-refractivity contribution in [2.45, 2.75) is 32.3 Å². The Morgan fingerprint density at radius 1 is 1.06 bits per heavy atom. The zero-order chi connectivity index (χ0) is 22.4. The normalized spacial score (nSPS) is 11.3. The molecule has 1 amide bonds. The number of aryl methyl sites for hydroxylation is 3. The highest BCUT2D eigenvalue weighted by Crippen LogP contribution is 2.17. The third-order valence-electron chi connectivity index (χ3n) is 4.51. The summed E-state index contributed by atoms with van der Waals surface area (Å²) in [4.78, 5) is 16.9. The Hall–Kier alpha value is -2.75. The monoisotopic (exact) mass is 459 g/mol. The van der Waals surface area contributed by atoms with E-state index in [-0.39, 0.29) is 23.9 Å². The Morgan fingerprint density at radius 2 is 1.81 bits per heavy atom. The number of carbonyl (C=O) groups is 1. The molecule has 0 fully saturated rings. The van der Waals surface area contributed by atoms with Gasteiger partial charge in [0.15, 0.2) is 0 Å². The molecular formula is C22H25N3O4S2. The van der Waals surface area contributed by atoms with Crippen molar-refractivity contribution in [3.8, 4) is 5.75 Å². The standard InChI is InChI=1S/C22H25N3O4S2/c1-15-4-5-16(2)21(12-15)31(27,28)24-11-10-23-22(26)18-6-8-20(9-7-18)29-13-19-14-30-17(3)25-19/h4-9,12,14,24H,10-11,13H2,1-3H3,(H,23,26). The fourth-order valence-corrected chi connectivity index (χ4v) is 4.83. The fraction of sp³-hybridized carbons (Fsp3) is 0.273. The second kappa shape index (κ2) is 10.0. The lowest BCUT2D eigenvalue weighted by atomic mass is 10.2.